The first-order valence-corrected chi connectivity index (χ1v) is 13.0. The minimum atomic E-state index is -5.08. The highest BCUT2D eigenvalue weighted by Gasteiger charge is 2.38. The van der Waals surface area contributed by atoms with Gasteiger partial charge in [-0.05, 0) is 61.2 Å². The van der Waals surface area contributed by atoms with Crippen LogP contribution in [-0.2, 0) is 11.2 Å². The molecule has 3 N–H and O–H groups in total. The van der Waals surface area contributed by atoms with Crippen LogP contribution in [0.5, 0.6) is 0 Å². The van der Waals surface area contributed by atoms with Crippen molar-refractivity contribution >= 4 is 29.3 Å². The fourth-order valence-electron chi connectivity index (χ4n) is 4.25. The number of halogens is 3. The molecule has 3 aromatic rings. The molecule has 1 saturated heterocycles. The summed E-state index contributed by atoms with van der Waals surface area (Å²) in [5.41, 5.74) is 6.17. The number of piperazine rings is 1. The Hall–Kier alpha value is -4.54. The van der Waals surface area contributed by atoms with Crippen LogP contribution in [0.15, 0.2) is 77.8 Å². The van der Waals surface area contributed by atoms with Gasteiger partial charge in [-0.2, -0.15) is 13.2 Å². The van der Waals surface area contributed by atoms with E-state index in [-0.39, 0.29) is 5.56 Å². The lowest BCUT2D eigenvalue weighted by atomic mass is 10.1. The Morgan fingerprint density at radius 2 is 1.54 bits per heavy atom. The van der Waals surface area contributed by atoms with E-state index in [0.717, 1.165) is 44.2 Å². The van der Waals surface area contributed by atoms with Crippen LogP contribution >= 0.6 is 0 Å². The van der Waals surface area contributed by atoms with Gasteiger partial charge in [-0.1, -0.05) is 48.5 Å². The molecule has 0 radical (unpaired) electrons. The maximum absolute atomic E-state index is 11.4. The predicted octanol–water partition coefficient (Wildman–Crippen LogP) is 5.47. The number of nitrogens with one attached hydrogen (secondary N) is 1. The highest BCUT2D eigenvalue weighted by Crippen LogP contribution is 2.24. The number of carbonyl (C=O) groups is 2. The fourth-order valence-corrected chi connectivity index (χ4v) is 4.25. The summed E-state index contributed by atoms with van der Waals surface area (Å²) < 4.78 is 31.7. The summed E-state index contributed by atoms with van der Waals surface area (Å²) in [6.07, 6.45) is -4.23. The molecule has 0 amide bonds. The van der Waals surface area contributed by atoms with Crippen molar-refractivity contribution < 1.29 is 33.0 Å². The monoisotopic (exact) mass is 570 g/mol. The summed E-state index contributed by atoms with van der Waals surface area (Å²) in [4.78, 5) is 29.9. The highest BCUT2D eigenvalue weighted by molar-refractivity contribution is 5.96. The number of hydrogen-bond donors (Lipinski definition) is 3. The van der Waals surface area contributed by atoms with Crippen molar-refractivity contribution in [1.82, 2.24) is 4.90 Å². The lowest BCUT2D eigenvalue weighted by Gasteiger charge is -2.38. The number of aliphatic imine (C=N–C) groups is 1. The zero-order valence-electron chi connectivity index (χ0n) is 22.9. The van der Waals surface area contributed by atoms with Crippen LogP contribution in [0.1, 0.15) is 27.0 Å². The summed E-state index contributed by atoms with van der Waals surface area (Å²) in [6.45, 7) is 8.47. The van der Waals surface area contributed by atoms with Crippen LogP contribution in [0.2, 0.25) is 0 Å². The molecule has 11 heteroatoms. The third-order valence-corrected chi connectivity index (χ3v) is 6.61. The van der Waals surface area contributed by atoms with E-state index in [1.165, 1.54) is 22.4 Å². The minimum absolute atomic E-state index is 0.258. The van der Waals surface area contributed by atoms with Crippen LogP contribution in [0.25, 0.3) is 0 Å². The second-order valence-electron chi connectivity index (χ2n) is 9.45. The molecule has 1 aliphatic rings. The van der Waals surface area contributed by atoms with Gasteiger partial charge in [-0.15, -0.1) is 0 Å². The van der Waals surface area contributed by atoms with Gasteiger partial charge >= 0.3 is 18.1 Å². The largest absolute Gasteiger partial charge is 0.490 e. The molecule has 218 valence electrons. The number of rotatable bonds is 6. The quantitative estimate of drug-likeness (QED) is 0.267. The maximum Gasteiger partial charge on any atom is 0.490 e. The second-order valence-corrected chi connectivity index (χ2v) is 9.45. The number of benzene rings is 3. The number of carboxylic acid groups (broad SMARTS) is 2. The van der Waals surface area contributed by atoms with Gasteiger partial charge in [-0.25, -0.2) is 9.59 Å². The van der Waals surface area contributed by atoms with Gasteiger partial charge in [0, 0.05) is 44.1 Å². The normalized spacial score (nSPS) is 13.7. The summed E-state index contributed by atoms with van der Waals surface area (Å²) >= 11 is 0. The number of hydrogen-bond acceptors (Lipinski definition) is 4. The van der Waals surface area contributed by atoms with E-state index in [0.29, 0.717) is 6.54 Å². The topological polar surface area (TPSA) is 105 Å². The van der Waals surface area contributed by atoms with Crippen LogP contribution in [-0.4, -0.2) is 71.9 Å². The SMILES string of the molecule is Cc1cccc(N2CCN(C(=NCCc3ccccc3)Nc3cccc(C(=O)O)c3)CC2)c1C.O=C(O)C(F)(F)F. The standard InChI is InChI=1S/C28H32N4O2.C2HF3O2/c1-21-8-6-13-26(22(21)2)31-16-18-32(19-17-31)28(29-15-14-23-9-4-3-5-10-23)30-25-12-7-11-24(20-25)27(33)34;3-2(4,5)1(6)7/h3-13,20H,14-19H2,1-2H3,(H,29,30)(H,33,34);(H,6,7). The third-order valence-electron chi connectivity index (χ3n) is 6.61. The first kappa shape index (κ1) is 31.0. The molecule has 0 saturated carbocycles. The van der Waals surface area contributed by atoms with Gasteiger partial charge in [0.2, 0.25) is 0 Å². The van der Waals surface area contributed by atoms with Gasteiger partial charge in [0.15, 0.2) is 5.96 Å². The van der Waals surface area contributed by atoms with E-state index >= 15 is 0 Å². The molecule has 1 heterocycles. The Labute approximate surface area is 236 Å². The van der Waals surface area contributed by atoms with Gasteiger partial charge < -0.3 is 25.3 Å². The molecule has 1 fully saturated rings. The molecule has 0 aliphatic carbocycles. The smallest absolute Gasteiger partial charge is 0.478 e. The molecule has 0 aromatic heterocycles. The number of aryl methyl sites for hydroxylation is 1. The average Bonchev–Trinajstić information content (AvgIpc) is 2.95. The zero-order valence-corrected chi connectivity index (χ0v) is 22.9. The Kier molecular flexibility index (Phi) is 10.7. The molecule has 41 heavy (non-hydrogen) atoms. The number of anilines is 2. The first-order valence-electron chi connectivity index (χ1n) is 13.0. The first-order chi connectivity index (χ1) is 19.5. The Morgan fingerprint density at radius 3 is 2.15 bits per heavy atom. The molecule has 1 aliphatic heterocycles. The minimum Gasteiger partial charge on any atom is -0.478 e. The Bertz CT molecular complexity index is 1360. The number of aromatic carboxylic acids is 1. The summed E-state index contributed by atoms with van der Waals surface area (Å²) in [7, 11) is 0. The number of guanidine groups is 1. The molecule has 0 bridgehead atoms. The maximum atomic E-state index is 11.4. The third kappa shape index (κ3) is 9.26. The number of nitrogens with zero attached hydrogens (tertiary/aromatic N) is 3. The summed E-state index contributed by atoms with van der Waals surface area (Å²) in [5.74, 6) is -2.90. The van der Waals surface area contributed by atoms with Crippen LogP contribution < -0.4 is 10.2 Å². The van der Waals surface area contributed by atoms with Crippen molar-refractivity contribution in [2.45, 2.75) is 26.4 Å². The lowest BCUT2D eigenvalue weighted by molar-refractivity contribution is -0.192. The molecule has 3 aromatic carbocycles. The van der Waals surface area contributed by atoms with E-state index in [2.05, 4.69) is 59.3 Å². The van der Waals surface area contributed by atoms with E-state index < -0.39 is 18.1 Å². The van der Waals surface area contributed by atoms with Crippen molar-refractivity contribution in [3.05, 3.63) is 95.1 Å². The summed E-state index contributed by atoms with van der Waals surface area (Å²) in [5, 5.41) is 19.9. The van der Waals surface area contributed by atoms with Gasteiger partial charge in [0.05, 0.1) is 5.56 Å². The van der Waals surface area contributed by atoms with Crippen LogP contribution in [0.3, 0.4) is 0 Å². The van der Waals surface area contributed by atoms with E-state index in [9.17, 15) is 23.1 Å². The number of aliphatic carboxylic acids is 1. The zero-order chi connectivity index (χ0) is 30.0. The van der Waals surface area contributed by atoms with Crippen molar-refractivity contribution in [3.8, 4) is 0 Å². The van der Waals surface area contributed by atoms with Crippen molar-refractivity contribution in [2.75, 3.05) is 42.9 Å². The van der Waals surface area contributed by atoms with Crippen molar-refractivity contribution in [3.63, 3.8) is 0 Å². The molecule has 0 spiro atoms. The number of alkyl halides is 3. The lowest BCUT2D eigenvalue weighted by Crippen LogP contribution is -2.51. The Morgan fingerprint density at radius 1 is 0.902 bits per heavy atom. The second kappa shape index (κ2) is 14.2. The molecular weight excluding hydrogens is 537 g/mol. The van der Waals surface area contributed by atoms with Gasteiger partial charge in [0.1, 0.15) is 0 Å². The Balaban J connectivity index is 0.000000587. The van der Waals surface area contributed by atoms with Crippen molar-refractivity contribution in [1.29, 1.82) is 0 Å². The van der Waals surface area contributed by atoms with Crippen molar-refractivity contribution in [2.24, 2.45) is 4.99 Å². The number of carboxylic acids is 2. The molecular formula is C30H33F3N4O4. The van der Waals surface area contributed by atoms with Gasteiger partial charge in [-0.3, -0.25) is 4.99 Å². The van der Waals surface area contributed by atoms with E-state index in [1.807, 2.05) is 24.3 Å². The average molecular weight is 571 g/mol. The highest BCUT2D eigenvalue weighted by atomic mass is 19.4. The van der Waals surface area contributed by atoms with E-state index in [1.54, 1.807) is 18.2 Å². The fraction of sp³-hybridized carbons (Fsp3) is 0.300. The molecule has 0 unspecified atom stereocenters. The predicted molar refractivity (Wildman–Crippen MR) is 153 cm³/mol. The van der Waals surface area contributed by atoms with Crippen LogP contribution in [0, 0.1) is 13.8 Å². The molecule has 8 nitrogen and oxygen atoms in total. The van der Waals surface area contributed by atoms with Crippen LogP contribution in [0.4, 0.5) is 24.5 Å². The van der Waals surface area contributed by atoms with E-state index in [4.69, 9.17) is 14.9 Å². The van der Waals surface area contributed by atoms with Gasteiger partial charge in [0.25, 0.3) is 0 Å². The summed E-state index contributed by atoms with van der Waals surface area (Å²) in [6, 6.07) is 23.7. The molecule has 4 rings (SSSR count). The molecule has 0 atom stereocenters.